The Bertz CT molecular complexity index is 658. The normalized spacial score (nSPS) is 18.9. The fraction of sp³-hybridized carbons (Fsp3) is 0.389. The molecule has 1 atom stereocenters. The van der Waals surface area contributed by atoms with Crippen molar-refractivity contribution in [3.05, 3.63) is 57.3 Å². The maximum absolute atomic E-state index is 5.51. The second-order valence-electron chi connectivity index (χ2n) is 6.05. The molecule has 0 bridgehead atoms. The minimum absolute atomic E-state index is 0.415. The van der Waals surface area contributed by atoms with Gasteiger partial charge in [0.25, 0.3) is 0 Å². The molecule has 0 N–H and O–H groups in total. The highest BCUT2D eigenvalue weighted by Gasteiger charge is 2.30. The van der Waals surface area contributed by atoms with E-state index >= 15 is 0 Å². The summed E-state index contributed by atoms with van der Waals surface area (Å²) >= 11 is 1.76. The molecule has 0 spiro atoms. The number of oxime groups is 1. The van der Waals surface area contributed by atoms with Gasteiger partial charge in [-0.15, -0.1) is 11.3 Å². The van der Waals surface area contributed by atoms with Gasteiger partial charge in [0.1, 0.15) is 6.61 Å². The summed E-state index contributed by atoms with van der Waals surface area (Å²) in [6.07, 6.45) is 0.938. The first kappa shape index (κ1) is 15.3. The molecular weight excluding hydrogens is 292 g/mol. The third-order valence-electron chi connectivity index (χ3n) is 4.01. The molecule has 3 rings (SSSR count). The Balaban J connectivity index is 1.77. The van der Waals surface area contributed by atoms with E-state index in [4.69, 9.17) is 4.84 Å². The monoisotopic (exact) mass is 314 g/mol. The summed E-state index contributed by atoms with van der Waals surface area (Å²) in [4.78, 5) is 8.90. The summed E-state index contributed by atoms with van der Waals surface area (Å²) < 4.78 is 0. The predicted octanol–water partition coefficient (Wildman–Crippen LogP) is 3.87. The van der Waals surface area contributed by atoms with E-state index in [0.29, 0.717) is 12.5 Å². The van der Waals surface area contributed by atoms with Crippen molar-refractivity contribution in [3.8, 4) is 0 Å². The van der Waals surface area contributed by atoms with Crippen LogP contribution in [0.1, 0.15) is 33.9 Å². The summed E-state index contributed by atoms with van der Waals surface area (Å²) in [5.74, 6) is 0.415. The zero-order valence-electron chi connectivity index (χ0n) is 13.4. The summed E-state index contributed by atoms with van der Waals surface area (Å²) in [6.45, 7) is 3.64. The van der Waals surface area contributed by atoms with Crippen LogP contribution in [0.3, 0.4) is 0 Å². The second-order valence-corrected chi connectivity index (χ2v) is 6.96. The molecule has 1 aromatic carbocycles. The van der Waals surface area contributed by atoms with Gasteiger partial charge in [-0.25, -0.2) is 0 Å². The molecule has 0 fully saturated rings. The topological polar surface area (TPSA) is 24.8 Å². The molecule has 0 amide bonds. The molecule has 0 saturated heterocycles. The smallest absolute Gasteiger partial charge is 0.129 e. The van der Waals surface area contributed by atoms with Crippen LogP contribution in [0, 0.1) is 6.92 Å². The molecule has 2 aromatic rings. The Morgan fingerprint density at radius 1 is 1.23 bits per heavy atom. The first-order chi connectivity index (χ1) is 10.6. The third kappa shape index (κ3) is 3.23. The Morgan fingerprint density at radius 3 is 2.73 bits per heavy atom. The van der Waals surface area contributed by atoms with Crippen molar-refractivity contribution in [2.24, 2.45) is 5.16 Å². The first-order valence-corrected chi connectivity index (χ1v) is 8.51. The van der Waals surface area contributed by atoms with Gasteiger partial charge in [-0.2, -0.15) is 0 Å². The van der Waals surface area contributed by atoms with E-state index in [1.165, 1.54) is 21.6 Å². The Hall–Kier alpha value is -1.65. The van der Waals surface area contributed by atoms with E-state index in [1.54, 1.807) is 11.3 Å². The van der Waals surface area contributed by atoms with Crippen LogP contribution in [0.15, 0.2) is 40.9 Å². The molecule has 1 aliphatic carbocycles. The Kier molecular flexibility index (Phi) is 4.60. The van der Waals surface area contributed by atoms with Crippen LogP contribution >= 0.6 is 11.3 Å². The van der Waals surface area contributed by atoms with Gasteiger partial charge in [0.15, 0.2) is 0 Å². The van der Waals surface area contributed by atoms with Crippen molar-refractivity contribution in [2.45, 2.75) is 19.3 Å². The number of aryl methyl sites for hydroxylation is 1. The summed E-state index contributed by atoms with van der Waals surface area (Å²) in [5, 5.41) is 6.56. The van der Waals surface area contributed by atoms with Gasteiger partial charge in [0.05, 0.1) is 10.6 Å². The molecule has 1 heterocycles. The lowest BCUT2D eigenvalue weighted by molar-refractivity contribution is 0.126. The van der Waals surface area contributed by atoms with Crippen LogP contribution in [0.4, 0.5) is 0 Å². The number of nitrogens with zero attached hydrogens (tertiary/aromatic N) is 2. The van der Waals surface area contributed by atoms with Gasteiger partial charge in [-0.3, -0.25) is 0 Å². The molecule has 1 aromatic heterocycles. The number of benzene rings is 1. The minimum Gasteiger partial charge on any atom is -0.394 e. The highest BCUT2D eigenvalue weighted by Crippen LogP contribution is 2.41. The fourth-order valence-corrected chi connectivity index (χ4v) is 3.70. The van der Waals surface area contributed by atoms with E-state index in [9.17, 15) is 0 Å². The van der Waals surface area contributed by atoms with E-state index < -0.39 is 0 Å². The maximum atomic E-state index is 5.51. The summed E-state index contributed by atoms with van der Waals surface area (Å²) in [7, 11) is 4.08. The van der Waals surface area contributed by atoms with Gasteiger partial charge in [0, 0.05) is 18.9 Å². The molecule has 1 aliphatic rings. The Labute approximate surface area is 136 Å². The predicted molar refractivity (Wildman–Crippen MR) is 93.0 cm³/mol. The van der Waals surface area contributed by atoms with Crippen LogP contribution in [0.5, 0.6) is 0 Å². The van der Waals surface area contributed by atoms with Gasteiger partial charge < -0.3 is 9.74 Å². The second kappa shape index (κ2) is 6.63. The largest absolute Gasteiger partial charge is 0.394 e. The van der Waals surface area contributed by atoms with Gasteiger partial charge >= 0.3 is 0 Å². The van der Waals surface area contributed by atoms with Crippen molar-refractivity contribution >= 4 is 17.0 Å². The molecular formula is C18H22N2OS. The van der Waals surface area contributed by atoms with E-state index in [1.807, 2.05) is 14.1 Å². The quantitative estimate of drug-likeness (QED) is 0.618. The van der Waals surface area contributed by atoms with Crippen molar-refractivity contribution in [2.75, 3.05) is 27.2 Å². The molecule has 1 unspecified atom stereocenters. The number of rotatable bonds is 5. The number of hydrogen-bond acceptors (Lipinski definition) is 4. The van der Waals surface area contributed by atoms with Crippen molar-refractivity contribution in [1.29, 1.82) is 0 Å². The standard InChI is InChI=1S/C18H22N2OS/c1-13-4-6-14(7-5-13)16-12-17(18-15(16)8-11-22-18)19-21-10-9-20(2)3/h4-8,11,16H,9-10,12H2,1-3H3. The van der Waals surface area contributed by atoms with Gasteiger partial charge in [-0.1, -0.05) is 35.0 Å². The van der Waals surface area contributed by atoms with E-state index in [2.05, 4.69) is 52.7 Å². The average Bonchev–Trinajstić information content (AvgIpc) is 3.07. The fourth-order valence-electron chi connectivity index (χ4n) is 2.75. The number of hydrogen-bond donors (Lipinski definition) is 0. The third-order valence-corrected chi connectivity index (χ3v) is 4.99. The summed E-state index contributed by atoms with van der Waals surface area (Å²) in [6, 6.07) is 11.1. The SMILES string of the molecule is Cc1ccc(C2CC(=NOCCN(C)C)c3sccc32)cc1. The number of thiophene rings is 1. The van der Waals surface area contributed by atoms with Crippen LogP contribution < -0.4 is 0 Å². The first-order valence-electron chi connectivity index (χ1n) is 7.63. The van der Waals surface area contributed by atoms with Crippen LogP contribution in [0.2, 0.25) is 0 Å². The molecule has 0 saturated carbocycles. The lowest BCUT2D eigenvalue weighted by Gasteiger charge is -2.10. The van der Waals surface area contributed by atoms with Crippen LogP contribution in [-0.2, 0) is 4.84 Å². The van der Waals surface area contributed by atoms with Crippen LogP contribution in [0.25, 0.3) is 0 Å². The van der Waals surface area contributed by atoms with E-state index in [0.717, 1.165) is 18.7 Å². The zero-order valence-corrected chi connectivity index (χ0v) is 14.2. The molecule has 4 heteroatoms. The van der Waals surface area contributed by atoms with Crippen molar-refractivity contribution in [1.82, 2.24) is 4.90 Å². The number of fused-ring (bicyclic) bond motifs is 1. The minimum atomic E-state index is 0.415. The summed E-state index contributed by atoms with van der Waals surface area (Å²) in [5.41, 5.74) is 5.15. The highest BCUT2D eigenvalue weighted by molar-refractivity contribution is 7.12. The molecule has 0 radical (unpaired) electrons. The van der Waals surface area contributed by atoms with Crippen molar-refractivity contribution < 1.29 is 4.84 Å². The maximum Gasteiger partial charge on any atom is 0.129 e. The highest BCUT2D eigenvalue weighted by atomic mass is 32.1. The average molecular weight is 314 g/mol. The number of likely N-dealkylation sites (N-methyl/N-ethyl adjacent to an activating group) is 1. The van der Waals surface area contributed by atoms with Gasteiger partial charge in [0.2, 0.25) is 0 Å². The molecule has 0 aliphatic heterocycles. The molecule has 3 nitrogen and oxygen atoms in total. The van der Waals surface area contributed by atoms with Crippen molar-refractivity contribution in [3.63, 3.8) is 0 Å². The van der Waals surface area contributed by atoms with E-state index in [-0.39, 0.29) is 0 Å². The zero-order chi connectivity index (χ0) is 15.5. The lowest BCUT2D eigenvalue weighted by Crippen LogP contribution is -2.17. The van der Waals surface area contributed by atoms with Gasteiger partial charge in [-0.05, 0) is 43.6 Å². The Morgan fingerprint density at radius 2 is 2.00 bits per heavy atom. The molecule has 116 valence electrons. The molecule has 22 heavy (non-hydrogen) atoms. The lowest BCUT2D eigenvalue weighted by atomic mass is 9.94. The van der Waals surface area contributed by atoms with Crippen LogP contribution in [-0.4, -0.2) is 37.9 Å².